The van der Waals surface area contributed by atoms with Crippen LogP contribution in [-0.2, 0) is 11.3 Å². The summed E-state index contributed by atoms with van der Waals surface area (Å²) >= 11 is 0. The number of nitrogens with zero attached hydrogens (tertiary/aromatic N) is 2. The van der Waals surface area contributed by atoms with Gasteiger partial charge >= 0.3 is 6.36 Å². The van der Waals surface area contributed by atoms with E-state index in [-0.39, 0.29) is 17.8 Å². The standard InChI is InChI=1S/C23H17F3N2O3/c1-30-17-9-7-16(8-10-17)27-21-19-13-18(31-23(24,25)26)11-12-20(19)28(22(21)29)14-15-5-3-2-4-6-15/h2-13H,14H2,1H3. The Morgan fingerprint density at radius 3 is 2.26 bits per heavy atom. The van der Waals surface area contributed by atoms with Crippen molar-refractivity contribution >= 4 is 23.0 Å². The number of amides is 1. The van der Waals surface area contributed by atoms with Crippen LogP contribution in [0.1, 0.15) is 11.1 Å². The third-order valence-corrected chi connectivity index (χ3v) is 4.69. The number of rotatable bonds is 5. The zero-order valence-corrected chi connectivity index (χ0v) is 16.4. The largest absolute Gasteiger partial charge is 0.573 e. The summed E-state index contributed by atoms with van der Waals surface area (Å²) < 4.78 is 47.3. The highest BCUT2D eigenvalue weighted by Crippen LogP contribution is 2.36. The molecular weight excluding hydrogens is 409 g/mol. The highest BCUT2D eigenvalue weighted by Gasteiger charge is 2.36. The summed E-state index contributed by atoms with van der Waals surface area (Å²) in [5, 5.41) is 0. The summed E-state index contributed by atoms with van der Waals surface area (Å²) in [6.07, 6.45) is -4.84. The molecule has 0 fully saturated rings. The number of alkyl halides is 3. The van der Waals surface area contributed by atoms with Crippen LogP contribution in [0.25, 0.3) is 0 Å². The summed E-state index contributed by atoms with van der Waals surface area (Å²) in [5.41, 5.74) is 2.14. The number of ether oxygens (including phenoxy) is 2. The van der Waals surface area contributed by atoms with Crippen LogP contribution >= 0.6 is 0 Å². The molecule has 1 heterocycles. The number of hydrogen-bond acceptors (Lipinski definition) is 4. The van der Waals surface area contributed by atoms with Crippen LogP contribution in [0.15, 0.2) is 77.8 Å². The van der Waals surface area contributed by atoms with Gasteiger partial charge in [-0.1, -0.05) is 30.3 Å². The first-order valence-electron chi connectivity index (χ1n) is 9.33. The van der Waals surface area contributed by atoms with Gasteiger partial charge < -0.3 is 14.4 Å². The molecule has 1 aliphatic rings. The highest BCUT2D eigenvalue weighted by molar-refractivity contribution is 6.54. The first-order valence-corrected chi connectivity index (χ1v) is 9.33. The molecule has 4 rings (SSSR count). The van der Waals surface area contributed by atoms with Crippen molar-refractivity contribution in [3.63, 3.8) is 0 Å². The van der Waals surface area contributed by atoms with Crippen LogP contribution in [0.2, 0.25) is 0 Å². The lowest BCUT2D eigenvalue weighted by molar-refractivity contribution is -0.274. The first kappa shape index (κ1) is 20.5. The maximum absolute atomic E-state index is 13.2. The molecule has 0 aromatic heterocycles. The van der Waals surface area contributed by atoms with Gasteiger partial charge in [-0.15, -0.1) is 13.2 Å². The van der Waals surface area contributed by atoms with Gasteiger partial charge in [-0.3, -0.25) is 4.79 Å². The van der Waals surface area contributed by atoms with Crippen molar-refractivity contribution in [2.45, 2.75) is 12.9 Å². The van der Waals surface area contributed by atoms with Crippen molar-refractivity contribution in [3.05, 3.63) is 83.9 Å². The normalized spacial score (nSPS) is 14.6. The quantitative estimate of drug-likeness (QED) is 0.559. The van der Waals surface area contributed by atoms with Gasteiger partial charge in [-0.2, -0.15) is 0 Å². The van der Waals surface area contributed by atoms with Crippen molar-refractivity contribution in [2.75, 3.05) is 12.0 Å². The lowest BCUT2D eigenvalue weighted by atomic mass is 10.1. The Balaban J connectivity index is 1.76. The van der Waals surface area contributed by atoms with Gasteiger partial charge in [0.1, 0.15) is 17.2 Å². The first-order chi connectivity index (χ1) is 14.8. The fourth-order valence-corrected chi connectivity index (χ4v) is 3.31. The number of halogens is 3. The van der Waals surface area contributed by atoms with Gasteiger partial charge in [0, 0.05) is 5.56 Å². The van der Waals surface area contributed by atoms with Crippen LogP contribution in [-0.4, -0.2) is 25.1 Å². The minimum Gasteiger partial charge on any atom is -0.497 e. The summed E-state index contributed by atoms with van der Waals surface area (Å²) in [6.45, 7) is 0.258. The lowest BCUT2D eigenvalue weighted by Crippen LogP contribution is -2.29. The number of methoxy groups -OCH3 is 1. The summed E-state index contributed by atoms with van der Waals surface area (Å²) in [7, 11) is 1.53. The Hall–Kier alpha value is -3.81. The number of carbonyl (C=O) groups is 1. The van der Waals surface area contributed by atoms with Gasteiger partial charge in [-0.05, 0) is 48.0 Å². The summed E-state index contributed by atoms with van der Waals surface area (Å²) in [4.78, 5) is 19.1. The maximum atomic E-state index is 13.2. The van der Waals surface area contributed by atoms with E-state index in [1.54, 1.807) is 24.3 Å². The topological polar surface area (TPSA) is 51.1 Å². The molecule has 5 nitrogen and oxygen atoms in total. The van der Waals surface area contributed by atoms with Crippen molar-refractivity contribution in [1.29, 1.82) is 0 Å². The second kappa shape index (κ2) is 8.14. The molecule has 8 heteroatoms. The van der Waals surface area contributed by atoms with Crippen LogP contribution in [0.4, 0.5) is 24.5 Å². The summed E-state index contributed by atoms with van der Waals surface area (Å²) in [6, 6.07) is 19.8. The molecule has 0 bridgehead atoms. The van der Waals surface area contributed by atoms with Gasteiger partial charge in [0.05, 0.1) is 25.0 Å². The predicted molar refractivity (Wildman–Crippen MR) is 110 cm³/mol. The Morgan fingerprint density at radius 2 is 1.61 bits per heavy atom. The van der Waals surface area contributed by atoms with Crippen LogP contribution < -0.4 is 14.4 Å². The molecule has 0 N–H and O–H groups in total. The molecule has 0 aliphatic carbocycles. The monoisotopic (exact) mass is 426 g/mol. The molecule has 31 heavy (non-hydrogen) atoms. The third-order valence-electron chi connectivity index (χ3n) is 4.69. The van der Waals surface area contributed by atoms with Crippen molar-refractivity contribution in [3.8, 4) is 11.5 Å². The van der Waals surface area contributed by atoms with Crippen molar-refractivity contribution < 1.29 is 27.4 Å². The Kier molecular flexibility index (Phi) is 5.37. The zero-order chi connectivity index (χ0) is 22.0. The van der Waals surface area contributed by atoms with Crippen LogP contribution in [0.5, 0.6) is 11.5 Å². The van der Waals surface area contributed by atoms with Gasteiger partial charge in [0.2, 0.25) is 0 Å². The smallest absolute Gasteiger partial charge is 0.497 e. The van der Waals surface area contributed by atoms with Crippen molar-refractivity contribution in [1.82, 2.24) is 0 Å². The lowest BCUT2D eigenvalue weighted by Gasteiger charge is -2.17. The predicted octanol–water partition coefficient (Wildman–Crippen LogP) is 5.26. The molecule has 0 saturated heterocycles. The number of aliphatic imine (C=N–C) groups is 1. The molecule has 0 spiro atoms. The van der Waals surface area contributed by atoms with Gasteiger partial charge in [0.25, 0.3) is 5.91 Å². The second-order valence-corrected chi connectivity index (χ2v) is 6.76. The fourth-order valence-electron chi connectivity index (χ4n) is 3.31. The fraction of sp³-hybridized carbons (Fsp3) is 0.130. The molecule has 1 amide bonds. The van der Waals surface area contributed by atoms with E-state index in [1.165, 1.54) is 30.2 Å². The Bertz CT molecular complexity index is 1130. The summed E-state index contributed by atoms with van der Waals surface area (Å²) in [5.74, 6) is -0.199. The Labute approximate surface area is 176 Å². The van der Waals surface area contributed by atoms with E-state index in [0.717, 1.165) is 5.56 Å². The average Bonchev–Trinajstić information content (AvgIpc) is 2.99. The number of fused-ring (bicyclic) bond motifs is 1. The minimum absolute atomic E-state index is 0.0451. The van der Waals surface area contributed by atoms with E-state index in [9.17, 15) is 18.0 Å². The molecule has 0 radical (unpaired) electrons. The van der Waals surface area contributed by atoms with Crippen LogP contribution in [0.3, 0.4) is 0 Å². The van der Waals surface area contributed by atoms with Gasteiger partial charge in [-0.25, -0.2) is 4.99 Å². The van der Waals surface area contributed by atoms with E-state index in [2.05, 4.69) is 9.73 Å². The van der Waals surface area contributed by atoms with E-state index < -0.39 is 18.0 Å². The number of hydrogen-bond donors (Lipinski definition) is 0. The van der Waals surface area contributed by atoms with Crippen LogP contribution in [0, 0.1) is 0 Å². The maximum Gasteiger partial charge on any atom is 0.573 e. The molecular formula is C23H17F3N2O3. The molecule has 1 aliphatic heterocycles. The zero-order valence-electron chi connectivity index (χ0n) is 16.4. The third kappa shape index (κ3) is 4.53. The van der Waals surface area contributed by atoms with E-state index >= 15 is 0 Å². The molecule has 0 atom stereocenters. The number of benzene rings is 3. The molecule has 3 aromatic rings. The molecule has 0 saturated carbocycles. The number of carbonyl (C=O) groups excluding carboxylic acids is 1. The average molecular weight is 426 g/mol. The van der Waals surface area contributed by atoms with E-state index in [4.69, 9.17) is 4.74 Å². The second-order valence-electron chi connectivity index (χ2n) is 6.76. The molecule has 3 aromatic carbocycles. The SMILES string of the molecule is COc1ccc(N=C2C(=O)N(Cc3ccccc3)c3ccc(OC(F)(F)F)cc32)cc1. The highest BCUT2D eigenvalue weighted by atomic mass is 19.4. The molecule has 0 unspecified atom stereocenters. The van der Waals surface area contributed by atoms with Gasteiger partial charge in [0.15, 0.2) is 0 Å². The van der Waals surface area contributed by atoms with E-state index in [0.29, 0.717) is 17.1 Å². The Morgan fingerprint density at radius 1 is 0.935 bits per heavy atom. The van der Waals surface area contributed by atoms with E-state index in [1.807, 2.05) is 30.3 Å². The number of anilines is 1. The minimum atomic E-state index is -4.84. The molecule has 158 valence electrons. The van der Waals surface area contributed by atoms with Crippen molar-refractivity contribution in [2.24, 2.45) is 4.99 Å².